The summed E-state index contributed by atoms with van der Waals surface area (Å²) in [6.45, 7) is 5.15. The zero-order valence-corrected chi connectivity index (χ0v) is 9.59. The molecule has 0 saturated heterocycles. The summed E-state index contributed by atoms with van der Waals surface area (Å²) in [5.74, 6) is -0.833. The Morgan fingerprint density at radius 3 is 2.27 bits per heavy atom. The van der Waals surface area contributed by atoms with Crippen LogP contribution in [0, 0.1) is 0 Å². The first-order chi connectivity index (χ1) is 5.15. The molecule has 0 aliphatic carbocycles. The number of hydrogen-bond donors (Lipinski definition) is 1. The first kappa shape index (κ1) is 14.0. The quantitative estimate of drug-likeness (QED) is 0.507. The van der Waals surface area contributed by atoms with Crippen LogP contribution in [0.5, 0.6) is 0 Å². The van der Waals surface area contributed by atoms with Gasteiger partial charge in [0.05, 0.1) is 0 Å². The van der Waals surface area contributed by atoms with Crippen molar-refractivity contribution in [2.24, 2.45) is 0 Å². The number of carbonyl (C=O) groups is 1. The molecule has 0 unspecified atom stereocenters. The van der Waals surface area contributed by atoms with E-state index in [-0.39, 0.29) is 0 Å². The van der Waals surface area contributed by atoms with Crippen molar-refractivity contribution < 1.29 is 14.6 Å². The van der Waals surface area contributed by atoms with Crippen LogP contribution in [0.15, 0.2) is 0 Å². The fraction of sp³-hybridized carbons (Fsp3) is 0.857. The topological polar surface area (TPSA) is 46.5 Å². The van der Waals surface area contributed by atoms with E-state index >= 15 is 0 Å². The second-order valence-electron chi connectivity index (χ2n) is 2.13. The number of aliphatic carboxylic acids is 1. The second kappa shape index (κ2) is 13.1. The van der Waals surface area contributed by atoms with Gasteiger partial charge in [-0.3, -0.25) is 4.79 Å². The van der Waals surface area contributed by atoms with E-state index in [1.807, 2.05) is 0 Å². The Hall–Kier alpha value is 0.430. The molecule has 62 valence electrons. The molecule has 0 aromatic carbocycles. The fourth-order valence-corrected chi connectivity index (χ4v) is 0.679. The average molecular weight is 170 g/mol. The predicted octanol–water partition coefficient (Wildman–Crippen LogP) is 1.09. The molecule has 11 heavy (non-hydrogen) atoms. The molecule has 0 aromatic heterocycles. The second-order valence-corrected chi connectivity index (χ2v) is 3.13. The summed E-state index contributed by atoms with van der Waals surface area (Å²) in [7, 11) is 0. The van der Waals surface area contributed by atoms with Crippen molar-refractivity contribution in [1.29, 1.82) is 0 Å². The molecule has 0 rings (SSSR count). The first-order valence-electron chi connectivity index (χ1n) is 3.92. The van der Waals surface area contributed by atoms with E-state index in [1.54, 1.807) is 0 Å². The number of carboxylic acid groups (broad SMARTS) is 1. The third kappa shape index (κ3) is 37.8. The first-order valence-corrected chi connectivity index (χ1v) is 5.33. The summed E-state index contributed by atoms with van der Waals surface area (Å²) >= 11 is 1.28. The van der Waals surface area contributed by atoms with Gasteiger partial charge in [0.25, 0.3) is 5.97 Å². The Bertz CT molecular complexity index is 77.8. The molecule has 4 heteroatoms. The molecule has 0 heterocycles. The standard InChI is InChI=1S/C5H11O.C2H4O2.Na/c1-3-5-6-4-2;1-2(3)4;/h2-5H2,1H3;1H3,(H,3,4);. The van der Waals surface area contributed by atoms with Crippen molar-refractivity contribution in [1.82, 2.24) is 0 Å². The summed E-state index contributed by atoms with van der Waals surface area (Å²) < 4.78 is 6.44. The van der Waals surface area contributed by atoms with Crippen LogP contribution in [0.1, 0.15) is 20.3 Å². The molecular weight excluding hydrogens is 155 g/mol. The Morgan fingerprint density at radius 1 is 1.55 bits per heavy atom. The summed E-state index contributed by atoms with van der Waals surface area (Å²) in [5, 5.41) is 7.42. The van der Waals surface area contributed by atoms with Crippen LogP contribution in [-0.2, 0) is 9.53 Å². The van der Waals surface area contributed by atoms with E-state index in [0.717, 1.165) is 26.6 Å². The van der Waals surface area contributed by atoms with Crippen LogP contribution in [0.25, 0.3) is 0 Å². The monoisotopic (exact) mass is 170 g/mol. The molecule has 0 saturated carbocycles. The molecule has 0 aliphatic rings. The van der Waals surface area contributed by atoms with Gasteiger partial charge in [-0.25, -0.2) is 0 Å². The summed E-state index contributed by atoms with van der Waals surface area (Å²) in [6.07, 6.45) is 1.15. The van der Waals surface area contributed by atoms with Gasteiger partial charge in [-0.15, -0.1) is 0 Å². The van der Waals surface area contributed by atoms with Crippen LogP contribution in [-0.4, -0.2) is 52.2 Å². The van der Waals surface area contributed by atoms with Crippen molar-refractivity contribution >= 4 is 33.9 Å². The van der Waals surface area contributed by atoms with Crippen LogP contribution < -0.4 is 0 Å². The van der Waals surface area contributed by atoms with Gasteiger partial charge in [0.2, 0.25) is 0 Å². The zero-order valence-electron chi connectivity index (χ0n) is 7.59. The maximum atomic E-state index is 9.00. The Balaban J connectivity index is 0. The van der Waals surface area contributed by atoms with Gasteiger partial charge in [-0.2, -0.15) is 0 Å². The zero-order chi connectivity index (χ0) is 9.11. The number of ether oxygens (including phenoxy) is 1. The van der Waals surface area contributed by atoms with Crippen molar-refractivity contribution in [3.63, 3.8) is 0 Å². The number of carboxylic acids is 1. The van der Waals surface area contributed by atoms with Gasteiger partial charge in [-0.1, -0.05) is 0 Å². The van der Waals surface area contributed by atoms with Crippen LogP contribution in [0.4, 0.5) is 0 Å². The molecule has 0 amide bonds. The summed E-state index contributed by atoms with van der Waals surface area (Å²) in [4.78, 5) is 9.00. The summed E-state index contributed by atoms with van der Waals surface area (Å²) in [5.41, 5.74) is 0. The number of rotatable bonds is 4. The fourth-order valence-electron chi connectivity index (χ4n) is 0.391. The number of hydrogen-bond acceptors (Lipinski definition) is 2. The van der Waals surface area contributed by atoms with Crippen molar-refractivity contribution in [2.45, 2.75) is 23.9 Å². The molecule has 0 aromatic rings. The van der Waals surface area contributed by atoms with E-state index in [4.69, 9.17) is 14.6 Å². The molecule has 0 aliphatic heterocycles. The van der Waals surface area contributed by atoms with E-state index in [0.29, 0.717) is 0 Å². The Morgan fingerprint density at radius 2 is 2.00 bits per heavy atom. The summed E-state index contributed by atoms with van der Waals surface area (Å²) in [6, 6.07) is 0. The molecular formula is C7H15NaO3. The Kier molecular flexibility index (Phi) is 16.6. The average Bonchev–Trinajstić information content (AvgIpc) is 1.88. The normalized spacial score (nSPS) is 8.36. The van der Waals surface area contributed by atoms with E-state index in [2.05, 4.69) is 6.92 Å². The van der Waals surface area contributed by atoms with E-state index < -0.39 is 5.97 Å². The molecule has 0 atom stereocenters. The molecule has 0 bridgehead atoms. The third-order valence-electron chi connectivity index (χ3n) is 0.697. The van der Waals surface area contributed by atoms with Gasteiger partial charge < -0.3 is 5.11 Å². The predicted molar refractivity (Wildman–Crippen MR) is 45.0 cm³/mol. The van der Waals surface area contributed by atoms with Gasteiger partial charge in [0.1, 0.15) is 0 Å². The third-order valence-corrected chi connectivity index (χ3v) is 1.11. The van der Waals surface area contributed by atoms with Crippen LogP contribution in [0.3, 0.4) is 0 Å². The van der Waals surface area contributed by atoms with Crippen molar-refractivity contribution in [3.8, 4) is 0 Å². The maximum absolute atomic E-state index is 9.00. The molecule has 0 radical (unpaired) electrons. The van der Waals surface area contributed by atoms with Gasteiger partial charge in [0.15, 0.2) is 0 Å². The Labute approximate surface area is 85.5 Å². The van der Waals surface area contributed by atoms with E-state index in [9.17, 15) is 0 Å². The molecule has 3 nitrogen and oxygen atoms in total. The minimum atomic E-state index is -0.833. The van der Waals surface area contributed by atoms with E-state index in [1.165, 1.54) is 31.6 Å². The van der Waals surface area contributed by atoms with Gasteiger partial charge in [-0.05, 0) is 0 Å². The minimum absolute atomic E-state index is 0.833. The molecule has 0 fully saturated rings. The van der Waals surface area contributed by atoms with Gasteiger partial charge >= 0.3 is 62.9 Å². The van der Waals surface area contributed by atoms with Crippen molar-refractivity contribution in [3.05, 3.63) is 0 Å². The molecule has 1 N–H and O–H groups in total. The molecule has 0 spiro atoms. The van der Waals surface area contributed by atoms with Crippen molar-refractivity contribution in [2.75, 3.05) is 13.2 Å². The SMILES string of the molecule is CC(=O)O.CCCOC[CH2][Na]. The van der Waals surface area contributed by atoms with Crippen LogP contribution in [0.2, 0.25) is 3.67 Å². The van der Waals surface area contributed by atoms with Crippen LogP contribution >= 0.6 is 0 Å². The van der Waals surface area contributed by atoms with Gasteiger partial charge in [0, 0.05) is 6.92 Å².